The lowest BCUT2D eigenvalue weighted by molar-refractivity contribution is -0.141. The van der Waals surface area contributed by atoms with Gasteiger partial charge in [0.15, 0.2) is 0 Å². The van der Waals surface area contributed by atoms with Crippen molar-refractivity contribution in [1.82, 2.24) is 0 Å². The first-order valence-corrected chi connectivity index (χ1v) is 4.77. The highest BCUT2D eigenvalue weighted by Crippen LogP contribution is 2.18. The summed E-state index contributed by atoms with van der Waals surface area (Å²) in [4.78, 5) is 21.1. The topological polar surface area (TPSA) is 74.6 Å². The second-order valence-corrected chi connectivity index (χ2v) is 3.68. The van der Waals surface area contributed by atoms with Crippen molar-refractivity contribution >= 4 is 11.9 Å². The molecule has 1 atom stereocenters. The standard InChI is InChI=1S/C11H10F2O4/c1-5(10(14)15)2-6-3-7(12)9(11(16)17)8(13)4-6/h3-5H,2H2,1H3,(H,14,15)(H,16,17). The average Bonchev–Trinajstić information content (AvgIpc) is 2.15. The number of carboxylic acids is 2. The Labute approximate surface area is 95.5 Å². The van der Waals surface area contributed by atoms with Crippen molar-refractivity contribution in [3.8, 4) is 0 Å². The van der Waals surface area contributed by atoms with E-state index < -0.39 is 35.1 Å². The highest BCUT2D eigenvalue weighted by Gasteiger charge is 2.19. The van der Waals surface area contributed by atoms with Crippen LogP contribution in [0, 0.1) is 17.6 Å². The van der Waals surface area contributed by atoms with Crippen LogP contribution in [0.1, 0.15) is 22.8 Å². The molecule has 1 unspecified atom stereocenters. The second-order valence-electron chi connectivity index (χ2n) is 3.68. The van der Waals surface area contributed by atoms with E-state index in [1.54, 1.807) is 0 Å². The molecule has 0 amide bonds. The van der Waals surface area contributed by atoms with Gasteiger partial charge in [-0.25, -0.2) is 13.6 Å². The van der Waals surface area contributed by atoms with Crippen molar-refractivity contribution in [2.24, 2.45) is 5.92 Å². The Morgan fingerprint density at radius 2 is 1.71 bits per heavy atom. The quantitative estimate of drug-likeness (QED) is 0.848. The predicted molar refractivity (Wildman–Crippen MR) is 53.8 cm³/mol. The molecule has 0 aliphatic carbocycles. The summed E-state index contributed by atoms with van der Waals surface area (Å²) in [5, 5.41) is 17.2. The van der Waals surface area contributed by atoms with E-state index in [0.29, 0.717) is 0 Å². The second kappa shape index (κ2) is 4.90. The number of carbonyl (C=O) groups is 2. The van der Waals surface area contributed by atoms with Crippen LogP contribution < -0.4 is 0 Å². The van der Waals surface area contributed by atoms with Crippen LogP contribution in [0.4, 0.5) is 8.78 Å². The van der Waals surface area contributed by atoms with Gasteiger partial charge in [-0.2, -0.15) is 0 Å². The molecule has 1 rings (SSSR count). The Hall–Kier alpha value is -1.98. The number of rotatable bonds is 4. The van der Waals surface area contributed by atoms with E-state index in [4.69, 9.17) is 10.2 Å². The minimum absolute atomic E-state index is 0.0664. The minimum Gasteiger partial charge on any atom is -0.481 e. The van der Waals surface area contributed by atoms with Gasteiger partial charge in [0, 0.05) is 0 Å². The summed E-state index contributed by atoms with van der Waals surface area (Å²) in [5.41, 5.74) is -0.920. The Morgan fingerprint density at radius 3 is 2.06 bits per heavy atom. The number of benzene rings is 1. The molecule has 0 saturated carbocycles. The smallest absolute Gasteiger partial charge is 0.341 e. The summed E-state index contributed by atoms with van der Waals surface area (Å²) >= 11 is 0. The van der Waals surface area contributed by atoms with E-state index in [0.717, 1.165) is 12.1 Å². The molecule has 4 nitrogen and oxygen atoms in total. The fraction of sp³-hybridized carbons (Fsp3) is 0.273. The van der Waals surface area contributed by atoms with Gasteiger partial charge in [0.2, 0.25) is 0 Å². The predicted octanol–water partition coefficient (Wildman–Crippen LogP) is 1.93. The molecule has 0 radical (unpaired) electrons. The third kappa shape index (κ3) is 2.99. The normalized spacial score (nSPS) is 12.2. The summed E-state index contributed by atoms with van der Waals surface area (Å²) in [5.74, 6) is -5.99. The SMILES string of the molecule is CC(Cc1cc(F)c(C(=O)O)c(F)c1)C(=O)O. The van der Waals surface area contributed by atoms with Gasteiger partial charge in [0.1, 0.15) is 17.2 Å². The Morgan fingerprint density at radius 1 is 1.24 bits per heavy atom. The first kappa shape index (κ1) is 13.1. The van der Waals surface area contributed by atoms with E-state index in [-0.39, 0.29) is 12.0 Å². The van der Waals surface area contributed by atoms with Crippen molar-refractivity contribution in [2.75, 3.05) is 0 Å². The van der Waals surface area contributed by atoms with Crippen LogP contribution in [0.15, 0.2) is 12.1 Å². The third-order valence-corrected chi connectivity index (χ3v) is 2.28. The maximum atomic E-state index is 13.2. The lowest BCUT2D eigenvalue weighted by atomic mass is 9.99. The first-order chi connectivity index (χ1) is 7.82. The van der Waals surface area contributed by atoms with E-state index in [1.807, 2.05) is 0 Å². The molecule has 0 saturated heterocycles. The molecule has 1 aromatic carbocycles. The van der Waals surface area contributed by atoms with Crippen LogP contribution in [0.3, 0.4) is 0 Å². The fourth-order valence-corrected chi connectivity index (χ4v) is 1.39. The van der Waals surface area contributed by atoms with Crippen molar-refractivity contribution in [2.45, 2.75) is 13.3 Å². The fourth-order valence-electron chi connectivity index (χ4n) is 1.39. The monoisotopic (exact) mass is 244 g/mol. The molecule has 0 aliphatic rings. The number of halogens is 2. The van der Waals surface area contributed by atoms with Crippen LogP contribution in [0.25, 0.3) is 0 Å². The van der Waals surface area contributed by atoms with E-state index >= 15 is 0 Å². The molecule has 1 aromatic rings. The Bertz CT molecular complexity index is 448. The minimum atomic E-state index is -1.70. The van der Waals surface area contributed by atoms with Gasteiger partial charge < -0.3 is 10.2 Å². The molecule has 0 bridgehead atoms. The van der Waals surface area contributed by atoms with Crippen LogP contribution >= 0.6 is 0 Å². The molecular weight excluding hydrogens is 234 g/mol. The van der Waals surface area contributed by atoms with Gasteiger partial charge in [-0.3, -0.25) is 4.79 Å². The van der Waals surface area contributed by atoms with Crippen LogP contribution in [-0.4, -0.2) is 22.2 Å². The summed E-state index contributed by atoms with van der Waals surface area (Å²) < 4.78 is 26.5. The largest absolute Gasteiger partial charge is 0.481 e. The molecule has 0 spiro atoms. The zero-order valence-electron chi connectivity index (χ0n) is 8.91. The lowest BCUT2D eigenvalue weighted by Gasteiger charge is -2.08. The Kier molecular flexibility index (Phi) is 3.77. The summed E-state index contributed by atoms with van der Waals surface area (Å²) in [7, 11) is 0. The lowest BCUT2D eigenvalue weighted by Crippen LogP contribution is -2.13. The third-order valence-electron chi connectivity index (χ3n) is 2.28. The van der Waals surface area contributed by atoms with Crippen LogP contribution in [-0.2, 0) is 11.2 Å². The average molecular weight is 244 g/mol. The highest BCUT2D eigenvalue weighted by molar-refractivity contribution is 5.88. The molecule has 0 heterocycles. The summed E-state index contributed by atoms with van der Waals surface area (Å²) in [6.07, 6.45) is -0.0664. The number of carboxylic acid groups (broad SMARTS) is 2. The van der Waals surface area contributed by atoms with Gasteiger partial charge in [0.25, 0.3) is 0 Å². The van der Waals surface area contributed by atoms with Gasteiger partial charge in [-0.1, -0.05) is 6.92 Å². The van der Waals surface area contributed by atoms with Crippen LogP contribution in [0.2, 0.25) is 0 Å². The van der Waals surface area contributed by atoms with E-state index in [1.165, 1.54) is 6.92 Å². The number of aromatic carboxylic acids is 1. The zero-order chi connectivity index (χ0) is 13.2. The maximum Gasteiger partial charge on any atom is 0.341 e. The van der Waals surface area contributed by atoms with E-state index in [2.05, 4.69) is 0 Å². The molecule has 0 aromatic heterocycles. The molecule has 17 heavy (non-hydrogen) atoms. The van der Waals surface area contributed by atoms with Gasteiger partial charge >= 0.3 is 11.9 Å². The summed E-state index contributed by atoms with van der Waals surface area (Å²) in [6, 6.07) is 1.68. The van der Waals surface area contributed by atoms with Crippen molar-refractivity contribution < 1.29 is 28.6 Å². The molecule has 6 heteroatoms. The van der Waals surface area contributed by atoms with Crippen molar-refractivity contribution in [3.05, 3.63) is 34.9 Å². The zero-order valence-corrected chi connectivity index (χ0v) is 8.91. The summed E-state index contributed by atoms with van der Waals surface area (Å²) in [6.45, 7) is 1.39. The molecule has 0 fully saturated rings. The molecular formula is C11H10F2O4. The molecule has 92 valence electrons. The molecule has 2 N–H and O–H groups in total. The highest BCUT2D eigenvalue weighted by atomic mass is 19.1. The van der Waals surface area contributed by atoms with Gasteiger partial charge in [-0.05, 0) is 24.1 Å². The van der Waals surface area contributed by atoms with Crippen LogP contribution in [0.5, 0.6) is 0 Å². The number of aliphatic carboxylic acids is 1. The maximum absolute atomic E-state index is 13.2. The Balaban J connectivity index is 3.06. The molecule has 0 aliphatic heterocycles. The van der Waals surface area contributed by atoms with Crippen molar-refractivity contribution in [3.63, 3.8) is 0 Å². The van der Waals surface area contributed by atoms with E-state index in [9.17, 15) is 18.4 Å². The van der Waals surface area contributed by atoms with Crippen molar-refractivity contribution in [1.29, 1.82) is 0 Å². The van der Waals surface area contributed by atoms with Gasteiger partial charge in [-0.15, -0.1) is 0 Å². The first-order valence-electron chi connectivity index (χ1n) is 4.77. The number of hydrogen-bond acceptors (Lipinski definition) is 2. The van der Waals surface area contributed by atoms with Gasteiger partial charge in [0.05, 0.1) is 5.92 Å². The number of hydrogen-bond donors (Lipinski definition) is 2.